The Labute approximate surface area is 194 Å². The summed E-state index contributed by atoms with van der Waals surface area (Å²) >= 11 is 13.4. The fourth-order valence-corrected chi connectivity index (χ4v) is 3.96. The number of ether oxygens (including phenoxy) is 1. The number of aromatic nitrogens is 1. The topological polar surface area (TPSA) is 51.2 Å². The predicted octanol–water partition coefficient (Wildman–Crippen LogP) is 7.19. The molecule has 0 spiro atoms. The highest BCUT2D eigenvalue weighted by Gasteiger charge is 2.15. The first-order valence-electron chi connectivity index (χ1n) is 9.53. The molecular formula is C24H18Cl2N2O2S. The molecule has 3 aromatic carbocycles. The first-order valence-corrected chi connectivity index (χ1v) is 11.2. The van der Waals surface area contributed by atoms with Crippen molar-refractivity contribution in [2.24, 2.45) is 0 Å². The molecule has 4 rings (SSSR count). The number of hydrogen-bond donors (Lipinski definition) is 1. The number of amides is 1. The highest BCUT2D eigenvalue weighted by molar-refractivity contribution is 7.13. The summed E-state index contributed by atoms with van der Waals surface area (Å²) in [4.78, 5) is 17.2. The summed E-state index contributed by atoms with van der Waals surface area (Å²) in [5, 5.41) is 7.13. The number of nitrogens with one attached hydrogen (secondary N) is 1. The molecule has 4 aromatic rings. The van der Waals surface area contributed by atoms with Crippen molar-refractivity contribution in [2.75, 3.05) is 5.32 Å². The third-order valence-corrected chi connectivity index (χ3v) is 5.93. The highest BCUT2D eigenvalue weighted by Crippen LogP contribution is 2.30. The Morgan fingerprint density at radius 3 is 2.13 bits per heavy atom. The second kappa shape index (κ2) is 9.52. The summed E-state index contributed by atoms with van der Waals surface area (Å²) in [5.74, 6) is 0.351. The standard InChI is InChI=1S/C24H18Cl2N2O2S/c1-15(30-21-12-8-19(26)9-13-21)23(29)27-20-10-4-16(5-11-20)22-14-31-24(28-22)17-2-6-18(25)7-3-17/h2-15H,1H3,(H,27,29). The summed E-state index contributed by atoms with van der Waals surface area (Å²) < 4.78 is 5.66. The normalized spacial score (nSPS) is 11.7. The second-order valence-corrected chi connectivity index (χ2v) is 8.56. The Bertz CT molecular complexity index is 1170. The van der Waals surface area contributed by atoms with Crippen LogP contribution < -0.4 is 10.1 Å². The van der Waals surface area contributed by atoms with Gasteiger partial charge in [-0.1, -0.05) is 47.5 Å². The minimum atomic E-state index is -0.652. The van der Waals surface area contributed by atoms with Gasteiger partial charge in [0.1, 0.15) is 10.8 Å². The maximum Gasteiger partial charge on any atom is 0.265 e. The van der Waals surface area contributed by atoms with Gasteiger partial charge in [-0.15, -0.1) is 11.3 Å². The van der Waals surface area contributed by atoms with Gasteiger partial charge >= 0.3 is 0 Å². The molecule has 0 bridgehead atoms. The van der Waals surface area contributed by atoms with Gasteiger partial charge < -0.3 is 10.1 Å². The lowest BCUT2D eigenvalue weighted by molar-refractivity contribution is -0.122. The number of thiazole rings is 1. The Morgan fingerprint density at radius 2 is 1.48 bits per heavy atom. The fourth-order valence-electron chi connectivity index (χ4n) is 2.87. The maximum absolute atomic E-state index is 12.4. The van der Waals surface area contributed by atoms with Gasteiger partial charge in [-0.2, -0.15) is 0 Å². The molecule has 0 saturated heterocycles. The summed E-state index contributed by atoms with van der Waals surface area (Å²) in [5.41, 5.74) is 3.57. The van der Waals surface area contributed by atoms with Crippen LogP contribution in [-0.2, 0) is 4.79 Å². The number of rotatable bonds is 6. The molecule has 4 nitrogen and oxygen atoms in total. The van der Waals surface area contributed by atoms with E-state index in [9.17, 15) is 4.79 Å². The smallest absolute Gasteiger partial charge is 0.265 e. The van der Waals surface area contributed by atoms with Crippen molar-refractivity contribution in [1.82, 2.24) is 4.98 Å². The van der Waals surface area contributed by atoms with Crippen LogP contribution in [0.15, 0.2) is 78.2 Å². The molecule has 1 atom stereocenters. The second-order valence-electron chi connectivity index (χ2n) is 6.83. The minimum Gasteiger partial charge on any atom is -0.481 e. The number of anilines is 1. The molecule has 0 aliphatic rings. The Balaban J connectivity index is 1.39. The monoisotopic (exact) mass is 468 g/mol. The number of nitrogens with zero attached hydrogens (tertiary/aromatic N) is 1. The van der Waals surface area contributed by atoms with Crippen LogP contribution in [0.2, 0.25) is 10.0 Å². The molecule has 0 saturated carbocycles. The summed E-state index contributed by atoms with van der Waals surface area (Å²) in [6, 6.07) is 22.1. The van der Waals surface area contributed by atoms with Crippen LogP contribution in [0.4, 0.5) is 5.69 Å². The molecule has 1 unspecified atom stereocenters. The van der Waals surface area contributed by atoms with Crippen molar-refractivity contribution >= 4 is 46.1 Å². The zero-order valence-electron chi connectivity index (χ0n) is 16.5. The van der Waals surface area contributed by atoms with Crippen LogP contribution in [0.25, 0.3) is 21.8 Å². The van der Waals surface area contributed by atoms with Crippen molar-refractivity contribution in [3.05, 3.63) is 88.2 Å². The van der Waals surface area contributed by atoms with Crippen molar-refractivity contribution in [3.63, 3.8) is 0 Å². The average molecular weight is 469 g/mol. The number of benzene rings is 3. The summed E-state index contributed by atoms with van der Waals surface area (Å²) in [7, 11) is 0. The van der Waals surface area contributed by atoms with Gasteiger partial charge in [0.15, 0.2) is 6.10 Å². The van der Waals surface area contributed by atoms with E-state index < -0.39 is 6.10 Å². The summed E-state index contributed by atoms with van der Waals surface area (Å²) in [6.07, 6.45) is -0.652. The molecule has 156 valence electrons. The van der Waals surface area contributed by atoms with Crippen LogP contribution in [0.1, 0.15) is 6.92 Å². The van der Waals surface area contributed by atoms with Crippen LogP contribution >= 0.6 is 34.5 Å². The van der Waals surface area contributed by atoms with E-state index in [0.717, 1.165) is 21.8 Å². The van der Waals surface area contributed by atoms with E-state index in [4.69, 9.17) is 32.9 Å². The van der Waals surface area contributed by atoms with Gasteiger partial charge in [0, 0.05) is 32.2 Å². The zero-order chi connectivity index (χ0) is 21.8. The zero-order valence-corrected chi connectivity index (χ0v) is 18.8. The molecule has 0 aliphatic heterocycles. The van der Waals surface area contributed by atoms with Crippen molar-refractivity contribution in [3.8, 4) is 27.6 Å². The molecule has 1 aromatic heterocycles. The lowest BCUT2D eigenvalue weighted by Crippen LogP contribution is -2.30. The Kier molecular flexibility index (Phi) is 6.56. The SMILES string of the molecule is CC(Oc1ccc(Cl)cc1)C(=O)Nc1ccc(-c2csc(-c3ccc(Cl)cc3)n2)cc1. The van der Waals surface area contributed by atoms with Crippen LogP contribution in [0.3, 0.4) is 0 Å². The van der Waals surface area contributed by atoms with E-state index in [2.05, 4.69) is 5.32 Å². The van der Waals surface area contributed by atoms with E-state index in [1.165, 1.54) is 0 Å². The predicted molar refractivity (Wildman–Crippen MR) is 128 cm³/mol. The van der Waals surface area contributed by atoms with Crippen LogP contribution in [0, 0.1) is 0 Å². The van der Waals surface area contributed by atoms with Crippen molar-refractivity contribution in [1.29, 1.82) is 0 Å². The van der Waals surface area contributed by atoms with Gasteiger partial charge in [0.05, 0.1) is 5.69 Å². The maximum atomic E-state index is 12.4. The van der Waals surface area contributed by atoms with E-state index >= 15 is 0 Å². The summed E-state index contributed by atoms with van der Waals surface area (Å²) in [6.45, 7) is 1.70. The number of hydrogen-bond acceptors (Lipinski definition) is 4. The van der Waals surface area contributed by atoms with Crippen molar-refractivity contribution in [2.45, 2.75) is 13.0 Å². The van der Waals surface area contributed by atoms with Gasteiger partial charge in [-0.05, 0) is 55.5 Å². The lowest BCUT2D eigenvalue weighted by atomic mass is 10.1. The Morgan fingerprint density at radius 1 is 0.903 bits per heavy atom. The fraction of sp³-hybridized carbons (Fsp3) is 0.0833. The van der Waals surface area contributed by atoms with E-state index in [1.54, 1.807) is 42.5 Å². The van der Waals surface area contributed by atoms with Gasteiger partial charge in [0.2, 0.25) is 0 Å². The Hall–Kier alpha value is -2.86. The lowest BCUT2D eigenvalue weighted by Gasteiger charge is -2.15. The largest absolute Gasteiger partial charge is 0.481 e. The number of halogens is 2. The third-order valence-electron chi connectivity index (χ3n) is 4.54. The molecule has 1 amide bonds. The average Bonchev–Trinajstić information content (AvgIpc) is 3.26. The van der Waals surface area contributed by atoms with E-state index in [0.29, 0.717) is 21.5 Å². The van der Waals surface area contributed by atoms with Gasteiger partial charge in [0.25, 0.3) is 5.91 Å². The molecule has 0 aliphatic carbocycles. The molecular weight excluding hydrogens is 451 g/mol. The number of carbonyl (C=O) groups is 1. The molecule has 31 heavy (non-hydrogen) atoms. The van der Waals surface area contributed by atoms with Gasteiger partial charge in [-0.3, -0.25) is 4.79 Å². The third kappa shape index (κ3) is 5.44. The minimum absolute atomic E-state index is 0.235. The quantitative estimate of drug-likeness (QED) is 0.325. The highest BCUT2D eigenvalue weighted by atomic mass is 35.5. The van der Waals surface area contributed by atoms with E-state index in [-0.39, 0.29) is 5.91 Å². The molecule has 7 heteroatoms. The molecule has 1 N–H and O–H groups in total. The van der Waals surface area contributed by atoms with Crippen LogP contribution in [0.5, 0.6) is 5.75 Å². The first-order chi connectivity index (χ1) is 15.0. The molecule has 1 heterocycles. The molecule has 0 fully saturated rings. The molecule has 0 radical (unpaired) electrons. The van der Waals surface area contributed by atoms with Gasteiger partial charge in [-0.25, -0.2) is 4.98 Å². The van der Waals surface area contributed by atoms with Crippen molar-refractivity contribution < 1.29 is 9.53 Å². The van der Waals surface area contributed by atoms with E-state index in [1.807, 2.05) is 53.9 Å². The first kappa shape index (κ1) is 21.4. The van der Waals surface area contributed by atoms with Crippen LogP contribution in [-0.4, -0.2) is 17.0 Å². The number of carbonyl (C=O) groups excluding carboxylic acids is 1.